The maximum Gasteiger partial charge on any atom is 0.290 e. The normalized spacial score (nSPS) is 10.3. The SMILES string of the molecule is Cc1sc2nc(CCNc3ncc(F)c(N(C)C)n3)[nH]c(=O)c2c1C.O=CO. The van der Waals surface area contributed by atoms with E-state index in [1.165, 1.54) is 11.3 Å². The van der Waals surface area contributed by atoms with Gasteiger partial charge >= 0.3 is 0 Å². The number of halogens is 1. The maximum absolute atomic E-state index is 13.6. The minimum atomic E-state index is -0.476. The number of aromatic amines is 1. The summed E-state index contributed by atoms with van der Waals surface area (Å²) in [5.41, 5.74) is 0.865. The van der Waals surface area contributed by atoms with Crippen LogP contribution in [-0.4, -0.2) is 52.2 Å². The summed E-state index contributed by atoms with van der Waals surface area (Å²) in [6.07, 6.45) is 1.63. The van der Waals surface area contributed by atoms with Gasteiger partial charge in [0.05, 0.1) is 11.6 Å². The molecule has 0 saturated carbocycles. The fraction of sp³-hybridized carbons (Fsp3) is 0.353. The van der Waals surface area contributed by atoms with E-state index in [1.807, 2.05) is 13.8 Å². The molecule has 3 aromatic heterocycles. The Morgan fingerprint density at radius 2 is 2.04 bits per heavy atom. The first kappa shape index (κ1) is 21.2. The number of hydrogen-bond acceptors (Lipinski definition) is 8. The molecule has 0 bridgehead atoms. The summed E-state index contributed by atoms with van der Waals surface area (Å²) in [5, 5.41) is 10.6. The van der Waals surface area contributed by atoms with Crippen molar-refractivity contribution < 1.29 is 14.3 Å². The van der Waals surface area contributed by atoms with E-state index in [0.717, 1.165) is 21.5 Å². The Hall–Kier alpha value is -3.08. The van der Waals surface area contributed by atoms with Gasteiger partial charge in [-0.05, 0) is 19.4 Å². The van der Waals surface area contributed by atoms with Crippen LogP contribution in [-0.2, 0) is 11.2 Å². The van der Waals surface area contributed by atoms with Crippen molar-refractivity contribution in [3.63, 3.8) is 0 Å². The van der Waals surface area contributed by atoms with Crippen molar-refractivity contribution in [3.8, 4) is 0 Å². The van der Waals surface area contributed by atoms with Crippen molar-refractivity contribution in [1.29, 1.82) is 0 Å². The average Bonchev–Trinajstić information content (AvgIpc) is 2.91. The lowest BCUT2D eigenvalue weighted by Crippen LogP contribution is -2.17. The molecule has 0 fully saturated rings. The predicted octanol–water partition coefficient (Wildman–Crippen LogP) is 1.95. The van der Waals surface area contributed by atoms with Crippen LogP contribution in [0.2, 0.25) is 0 Å². The second-order valence-corrected chi connectivity index (χ2v) is 7.22. The number of nitrogens with one attached hydrogen (secondary N) is 2. The van der Waals surface area contributed by atoms with Crippen molar-refractivity contribution in [2.24, 2.45) is 0 Å². The molecule has 0 unspecified atom stereocenters. The molecule has 11 heteroatoms. The van der Waals surface area contributed by atoms with Crippen LogP contribution in [0.3, 0.4) is 0 Å². The van der Waals surface area contributed by atoms with Gasteiger partial charge in [0.25, 0.3) is 12.0 Å². The third kappa shape index (κ3) is 4.80. The van der Waals surface area contributed by atoms with Gasteiger partial charge in [-0.25, -0.2) is 14.4 Å². The molecule has 0 aliphatic heterocycles. The van der Waals surface area contributed by atoms with Crippen LogP contribution in [0.4, 0.5) is 16.2 Å². The highest BCUT2D eigenvalue weighted by Gasteiger charge is 2.12. The number of carboxylic acid groups (broad SMARTS) is 1. The highest BCUT2D eigenvalue weighted by Crippen LogP contribution is 2.25. The summed E-state index contributed by atoms with van der Waals surface area (Å²) in [7, 11) is 3.42. The summed E-state index contributed by atoms with van der Waals surface area (Å²) in [4.78, 5) is 39.4. The van der Waals surface area contributed by atoms with Crippen LogP contribution in [0.5, 0.6) is 0 Å². The van der Waals surface area contributed by atoms with Crippen molar-refractivity contribution >= 4 is 39.8 Å². The second kappa shape index (κ2) is 9.22. The summed E-state index contributed by atoms with van der Waals surface area (Å²) in [6.45, 7) is 4.13. The molecule has 0 atom stereocenters. The molecule has 3 heterocycles. The lowest BCUT2D eigenvalue weighted by Gasteiger charge is -2.13. The standard InChI is InChI=1S/C16H19FN6OS.CH2O2/c1-8-9(2)25-15-12(8)14(24)20-11(21-15)5-6-18-16-19-7-10(17)13(22-16)23(3)4;2-1-3/h7H,5-6H2,1-4H3,(H,18,19,22)(H,20,21,24);1H,(H,2,3). The van der Waals surface area contributed by atoms with Gasteiger partial charge in [-0.15, -0.1) is 11.3 Å². The Bertz CT molecular complexity index is 1030. The number of fused-ring (bicyclic) bond motifs is 1. The molecule has 0 radical (unpaired) electrons. The average molecular weight is 408 g/mol. The van der Waals surface area contributed by atoms with Gasteiger partial charge < -0.3 is 20.3 Å². The summed E-state index contributed by atoms with van der Waals surface area (Å²) < 4.78 is 13.6. The molecule has 0 saturated heterocycles. The second-order valence-electron chi connectivity index (χ2n) is 6.02. The van der Waals surface area contributed by atoms with E-state index < -0.39 is 5.82 Å². The lowest BCUT2D eigenvalue weighted by atomic mass is 10.2. The van der Waals surface area contributed by atoms with Gasteiger partial charge in [-0.2, -0.15) is 4.98 Å². The Labute approximate surface area is 164 Å². The zero-order chi connectivity index (χ0) is 20.8. The van der Waals surface area contributed by atoms with E-state index in [-0.39, 0.29) is 17.8 Å². The number of carbonyl (C=O) groups is 1. The van der Waals surface area contributed by atoms with Gasteiger partial charge in [-0.3, -0.25) is 9.59 Å². The number of nitrogens with zero attached hydrogens (tertiary/aromatic N) is 4. The zero-order valence-electron chi connectivity index (χ0n) is 15.9. The van der Waals surface area contributed by atoms with Gasteiger partial charge in [-0.1, -0.05) is 0 Å². The molecule has 150 valence electrons. The molecule has 0 aliphatic rings. The van der Waals surface area contributed by atoms with Crippen LogP contribution in [0.15, 0.2) is 11.0 Å². The van der Waals surface area contributed by atoms with Crippen molar-refractivity contribution in [3.05, 3.63) is 38.6 Å². The number of thiophene rings is 1. The van der Waals surface area contributed by atoms with E-state index in [9.17, 15) is 9.18 Å². The summed E-state index contributed by atoms with van der Waals surface area (Å²) in [6, 6.07) is 0. The largest absolute Gasteiger partial charge is 0.483 e. The highest BCUT2D eigenvalue weighted by atomic mass is 32.1. The van der Waals surface area contributed by atoms with Crippen molar-refractivity contribution in [1.82, 2.24) is 19.9 Å². The van der Waals surface area contributed by atoms with Gasteiger partial charge in [0.2, 0.25) is 5.95 Å². The Morgan fingerprint density at radius 1 is 1.36 bits per heavy atom. The zero-order valence-corrected chi connectivity index (χ0v) is 16.7. The first-order valence-electron chi connectivity index (χ1n) is 8.29. The van der Waals surface area contributed by atoms with E-state index in [0.29, 0.717) is 30.1 Å². The number of aromatic nitrogens is 4. The van der Waals surface area contributed by atoms with E-state index in [1.54, 1.807) is 19.0 Å². The predicted molar refractivity (Wildman–Crippen MR) is 107 cm³/mol. The van der Waals surface area contributed by atoms with E-state index in [4.69, 9.17) is 9.90 Å². The number of rotatable bonds is 5. The molecule has 3 aromatic rings. The molecule has 28 heavy (non-hydrogen) atoms. The van der Waals surface area contributed by atoms with Crippen LogP contribution >= 0.6 is 11.3 Å². The quantitative estimate of drug-likeness (QED) is 0.547. The molecular formula is C17H21FN6O3S. The van der Waals surface area contributed by atoms with Crippen LogP contribution < -0.4 is 15.8 Å². The van der Waals surface area contributed by atoms with E-state index >= 15 is 0 Å². The Balaban J connectivity index is 0.000000878. The molecule has 0 spiro atoms. The van der Waals surface area contributed by atoms with Gasteiger partial charge in [0, 0.05) is 31.9 Å². The third-order valence-electron chi connectivity index (χ3n) is 3.88. The van der Waals surface area contributed by atoms with Crippen LogP contribution in [0, 0.1) is 19.7 Å². The fourth-order valence-electron chi connectivity index (χ4n) is 2.47. The molecule has 0 aliphatic carbocycles. The number of hydrogen-bond donors (Lipinski definition) is 3. The fourth-order valence-corrected chi connectivity index (χ4v) is 3.52. The van der Waals surface area contributed by atoms with Crippen LogP contribution in [0.1, 0.15) is 16.3 Å². The first-order valence-corrected chi connectivity index (χ1v) is 9.10. The summed E-state index contributed by atoms with van der Waals surface area (Å²) in [5.74, 6) is 0.669. The Morgan fingerprint density at radius 3 is 2.68 bits per heavy atom. The van der Waals surface area contributed by atoms with Crippen LogP contribution in [0.25, 0.3) is 10.2 Å². The first-order chi connectivity index (χ1) is 13.3. The topological polar surface area (TPSA) is 124 Å². The smallest absolute Gasteiger partial charge is 0.290 e. The van der Waals surface area contributed by atoms with E-state index in [2.05, 4.69) is 25.3 Å². The minimum Gasteiger partial charge on any atom is -0.483 e. The molecule has 0 aromatic carbocycles. The van der Waals surface area contributed by atoms with Crippen molar-refractivity contribution in [2.45, 2.75) is 20.3 Å². The molecule has 9 nitrogen and oxygen atoms in total. The maximum atomic E-state index is 13.6. The number of anilines is 2. The van der Waals surface area contributed by atoms with Crippen molar-refractivity contribution in [2.75, 3.05) is 30.9 Å². The number of H-pyrrole nitrogens is 1. The lowest BCUT2D eigenvalue weighted by molar-refractivity contribution is -0.122. The highest BCUT2D eigenvalue weighted by molar-refractivity contribution is 7.18. The monoisotopic (exact) mass is 408 g/mol. The van der Waals surface area contributed by atoms with Gasteiger partial charge in [0.15, 0.2) is 11.6 Å². The minimum absolute atomic E-state index is 0.116. The Kier molecular flexibility index (Phi) is 6.99. The molecule has 0 amide bonds. The number of aryl methyl sites for hydroxylation is 2. The molecular weight excluding hydrogens is 387 g/mol. The molecule has 3 N–H and O–H groups in total. The molecule has 3 rings (SSSR count). The third-order valence-corrected chi connectivity index (χ3v) is 4.98. The van der Waals surface area contributed by atoms with Gasteiger partial charge in [0.1, 0.15) is 10.7 Å². The summed E-state index contributed by atoms with van der Waals surface area (Å²) >= 11 is 1.52.